The summed E-state index contributed by atoms with van der Waals surface area (Å²) in [6, 6.07) is 4.36. The zero-order valence-corrected chi connectivity index (χ0v) is 14.2. The molecule has 1 rings (SSSR count). The Morgan fingerprint density at radius 3 is 2.57 bits per heavy atom. The second-order valence-electron chi connectivity index (χ2n) is 5.07. The van der Waals surface area contributed by atoms with Crippen molar-refractivity contribution in [1.29, 1.82) is 0 Å². The number of rotatable bonds is 7. The molecule has 0 spiro atoms. The molecule has 0 heterocycles. The lowest BCUT2D eigenvalue weighted by Gasteiger charge is -2.16. The Balaban J connectivity index is 2.54. The molecule has 0 radical (unpaired) electrons. The fourth-order valence-electron chi connectivity index (χ4n) is 1.74. The summed E-state index contributed by atoms with van der Waals surface area (Å²) in [4.78, 5) is 22.9. The van der Waals surface area contributed by atoms with Crippen LogP contribution in [0.3, 0.4) is 0 Å². The van der Waals surface area contributed by atoms with Gasteiger partial charge < -0.3 is 10.4 Å². The van der Waals surface area contributed by atoms with Gasteiger partial charge >= 0.3 is 5.97 Å². The van der Waals surface area contributed by atoms with Crippen LogP contribution in [0, 0.1) is 5.92 Å². The molecule has 5 nitrogen and oxygen atoms in total. The van der Waals surface area contributed by atoms with Crippen LogP contribution in [0.25, 0.3) is 0 Å². The van der Waals surface area contributed by atoms with E-state index < -0.39 is 12.0 Å². The zero-order chi connectivity index (χ0) is 16.0. The number of hydrogen-bond donors (Lipinski definition) is 3. The molecule has 7 heteroatoms. The number of halogens is 2. The Kier molecular flexibility index (Phi) is 7.14. The van der Waals surface area contributed by atoms with E-state index in [2.05, 4.69) is 26.6 Å². The molecule has 0 saturated carbocycles. The molecular weight excluding hydrogens is 360 g/mol. The summed E-state index contributed by atoms with van der Waals surface area (Å²) in [5.41, 5.74) is 0.488. The normalized spacial score (nSPS) is 12.2. The van der Waals surface area contributed by atoms with Gasteiger partial charge in [-0.25, -0.2) is 0 Å². The van der Waals surface area contributed by atoms with Crippen molar-refractivity contribution in [2.24, 2.45) is 5.92 Å². The minimum Gasteiger partial charge on any atom is -0.480 e. The van der Waals surface area contributed by atoms with E-state index in [-0.39, 0.29) is 18.4 Å². The third kappa shape index (κ3) is 6.46. The van der Waals surface area contributed by atoms with Crippen molar-refractivity contribution >= 4 is 45.1 Å². The van der Waals surface area contributed by atoms with Crippen LogP contribution < -0.4 is 10.6 Å². The van der Waals surface area contributed by atoms with Crippen LogP contribution in [0.2, 0.25) is 5.02 Å². The lowest BCUT2D eigenvalue weighted by Crippen LogP contribution is -2.42. The van der Waals surface area contributed by atoms with Gasteiger partial charge in [-0.1, -0.05) is 41.4 Å². The average Bonchev–Trinajstić information content (AvgIpc) is 2.37. The van der Waals surface area contributed by atoms with Crippen molar-refractivity contribution < 1.29 is 14.7 Å². The smallest absolute Gasteiger partial charge is 0.320 e. The largest absolute Gasteiger partial charge is 0.480 e. The highest BCUT2D eigenvalue weighted by Crippen LogP contribution is 2.25. The Morgan fingerprint density at radius 2 is 2.05 bits per heavy atom. The second-order valence-corrected chi connectivity index (χ2v) is 6.40. The van der Waals surface area contributed by atoms with Gasteiger partial charge in [-0.05, 0) is 30.5 Å². The van der Waals surface area contributed by atoms with Crippen LogP contribution in [-0.2, 0) is 9.59 Å². The fraction of sp³-hybridized carbons (Fsp3) is 0.429. The monoisotopic (exact) mass is 376 g/mol. The highest BCUT2D eigenvalue weighted by atomic mass is 79.9. The third-order valence-corrected chi connectivity index (χ3v) is 3.53. The molecule has 0 bridgehead atoms. The van der Waals surface area contributed by atoms with Crippen LogP contribution in [0.5, 0.6) is 0 Å². The van der Waals surface area contributed by atoms with E-state index in [1.807, 2.05) is 13.8 Å². The predicted octanol–water partition coefficient (Wildman–Crippen LogP) is 3.13. The highest BCUT2D eigenvalue weighted by molar-refractivity contribution is 9.10. The molecule has 0 saturated heterocycles. The van der Waals surface area contributed by atoms with Gasteiger partial charge in [0.05, 0.1) is 17.3 Å². The summed E-state index contributed by atoms with van der Waals surface area (Å²) in [5.74, 6) is -1.07. The molecule has 116 valence electrons. The highest BCUT2D eigenvalue weighted by Gasteiger charge is 2.19. The molecule has 1 aromatic carbocycles. The predicted molar refractivity (Wildman–Crippen MR) is 86.7 cm³/mol. The van der Waals surface area contributed by atoms with Crippen molar-refractivity contribution in [2.75, 3.05) is 11.9 Å². The van der Waals surface area contributed by atoms with Gasteiger partial charge in [0, 0.05) is 4.47 Å². The van der Waals surface area contributed by atoms with Gasteiger partial charge in [0.15, 0.2) is 0 Å². The maximum absolute atomic E-state index is 11.8. The molecule has 1 amide bonds. The molecule has 3 N–H and O–H groups in total. The number of carboxylic acid groups (broad SMARTS) is 1. The molecule has 0 fully saturated rings. The number of anilines is 1. The summed E-state index contributed by atoms with van der Waals surface area (Å²) in [5, 5.41) is 14.9. The molecule has 0 aliphatic carbocycles. The summed E-state index contributed by atoms with van der Waals surface area (Å²) in [6.07, 6.45) is 0.460. The minimum absolute atomic E-state index is 0.0872. The lowest BCUT2D eigenvalue weighted by atomic mass is 10.0. The average molecular weight is 378 g/mol. The van der Waals surface area contributed by atoms with E-state index in [0.29, 0.717) is 17.1 Å². The Labute approximate surface area is 137 Å². The number of carbonyl (C=O) groups is 2. The molecule has 21 heavy (non-hydrogen) atoms. The van der Waals surface area contributed by atoms with Gasteiger partial charge in [-0.15, -0.1) is 0 Å². The summed E-state index contributed by atoms with van der Waals surface area (Å²) in [6.45, 7) is 3.77. The van der Waals surface area contributed by atoms with Gasteiger partial charge in [-0.2, -0.15) is 0 Å². The zero-order valence-electron chi connectivity index (χ0n) is 11.8. The first-order valence-corrected chi connectivity index (χ1v) is 7.67. The number of aliphatic carboxylic acids is 1. The minimum atomic E-state index is -0.960. The number of nitrogens with one attached hydrogen (secondary N) is 2. The molecule has 1 unspecified atom stereocenters. The van der Waals surface area contributed by atoms with E-state index in [0.717, 1.165) is 4.47 Å². The second kappa shape index (κ2) is 8.36. The Hall–Kier alpha value is -1.11. The van der Waals surface area contributed by atoms with E-state index in [4.69, 9.17) is 16.7 Å². The summed E-state index contributed by atoms with van der Waals surface area (Å²) >= 11 is 9.27. The summed E-state index contributed by atoms with van der Waals surface area (Å²) < 4.78 is 0.812. The molecule has 0 aliphatic rings. The first-order chi connectivity index (χ1) is 9.79. The van der Waals surface area contributed by atoms with E-state index in [1.54, 1.807) is 18.2 Å². The molecule has 1 atom stereocenters. The lowest BCUT2D eigenvalue weighted by molar-refractivity contribution is -0.139. The van der Waals surface area contributed by atoms with E-state index >= 15 is 0 Å². The van der Waals surface area contributed by atoms with Crippen LogP contribution in [0.15, 0.2) is 22.7 Å². The number of carboxylic acids is 1. The van der Waals surface area contributed by atoms with Crippen molar-refractivity contribution in [3.8, 4) is 0 Å². The fourth-order valence-corrected chi connectivity index (χ4v) is 2.46. The third-order valence-electron chi connectivity index (χ3n) is 2.72. The van der Waals surface area contributed by atoms with Gasteiger partial charge in [0.1, 0.15) is 6.04 Å². The van der Waals surface area contributed by atoms with Crippen molar-refractivity contribution in [2.45, 2.75) is 26.3 Å². The topological polar surface area (TPSA) is 78.4 Å². The van der Waals surface area contributed by atoms with Crippen LogP contribution in [0.1, 0.15) is 20.3 Å². The van der Waals surface area contributed by atoms with Crippen molar-refractivity contribution in [3.63, 3.8) is 0 Å². The van der Waals surface area contributed by atoms with Crippen LogP contribution >= 0.6 is 27.5 Å². The molecular formula is C14H18BrClN2O3. The van der Waals surface area contributed by atoms with Crippen LogP contribution in [0.4, 0.5) is 5.69 Å². The first kappa shape index (κ1) is 17.9. The van der Waals surface area contributed by atoms with E-state index in [1.165, 1.54) is 0 Å². The quantitative estimate of drug-likeness (QED) is 0.682. The molecule has 1 aromatic rings. The first-order valence-electron chi connectivity index (χ1n) is 6.50. The van der Waals surface area contributed by atoms with Gasteiger partial charge in [0.2, 0.25) is 5.91 Å². The van der Waals surface area contributed by atoms with Gasteiger partial charge in [0.25, 0.3) is 0 Å². The number of benzene rings is 1. The number of carbonyl (C=O) groups excluding carboxylic acids is 1. The SMILES string of the molecule is CC(C)CC(NCC(=O)Nc1ccc(Br)cc1Cl)C(=O)O. The maximum atomic E-state index is 11.8. The van der Waals surface area contributed by atoms with Crippen molar-refractivity contribution in [1.82, 2.24) is 5.32 Å². The Bertz CT molecular complexity index is 523. The maximum Gasteiger partial charge on any atom is 0.320 e. The molecule has 0 aliphatic heterocycles. The summed E-state index contributed by atoms with van der Waals surface area (Å²) in [7, 11) is 0. The van der Waals surface area contributed by atoms with Crippen molar-refractivity contribution in [3.05, 3.63) is 27.7 Å². The van der Waals surface area contributed by atoms with E-state index in [9.17, 15) is 9.59 Å². The number of amides is 1. The number of hydrogen-bond acceptors (Lipinski definition) is 3. The Morgan fingerprint density at radius 1 is 1.38 bits per heavy atom. The van der Waals surface area contributed by atoms with Gasteiger partial charge in [-0.3, -0.25) is 14.9 Å². The molecule has 0 aromatic heterocycles. The standard InChI is InChI=1S/C14H18BrClN2O3/c1-8(2)5-12(14(20)21)17-7-13(19)18-11-4-3-9(15)6-10(11)16/h3-4,6,8,12,17H,5,7H2,1-2H3,(H,18,19)(H,20,21). The van der Waals surface area contributed by atoms with Crippen LogP contribution in [-0.4, -0.2) is 29.6 Å².